The lowest BCUT2D eigenvalue weighted by Crippen LogP contribution is -2.27. The summed E-state index contributed by atoms with van der Waals surface area (Å²) in [5, 5.41) is 27.2. The van der Waals surface area contributed by atoms with Gasteiger partial charge in [-0.05, 0) is 55.6 Å². The molecular weight excluding hydrogens is 474 g/mol. The van der Waals surface area contributed by atoms with Gasteiger partial charge >= 0.3 is 0 Å². The lowest BCUT2D eigenvalue weighted by Gasteiger charge is -2.25. The van der Waals surface area contributed by atoms with Crippen molar-refractivity contribution >= 4 is 11.4 Å². The van der Waals surface area contributed by atoms with Crippen LogP contribution in [-0.4, -0.2) is 57.2 Å². The Balaban J connectivity index is 1.50. The summed E-state index contributed by atoms with van der Waals surface area (Å²) in [6, 6.07) is 3.44. The molecule has 2 N–H and O–H groups in total. The molecule has 0 aliphatic heterocycles. The predicted octanol–water partition coefficient (Wildman–Crippen LogP) is 2.85. The molecule has 0 spiro atoms. The van der Waals surface area contributed by atoms with Gasteiger partial charge in [0.05, 0.1) is 20.3 Å². The van der Waals surface area contributed by atoms with Crippen LogP contribution in [-0.2, 0) is 24.8 Å². The molecule has 2 aliphatic rings. The number of aromatic nitrogens is 4. The van der Waals surface area contributed by atoms with Gasteiger partial charge in [-0.1, -0.05) is 20.8 Å². The number of aliphatic hydroxyl groups is 1. The highest BCUT2D eigenvalue weighted by Crippen LogP contribution is 2.40. The summed E-state index contributed by atoms with van der Waals surface area (Å²) in [5.74, 6) is 1.91. The molecule has 2 heterocycles. The van der Waals surface area contributed by atoms with Crippen molar-refractivity contribution in [1.29, 1.82) is 5.41 Å². The van der Waals surface area contributed by atoms with Crippen LogP contribution >= 0.6 is 0 Å². The van der Waals surface area contributed by atoms with E-state index in [0.717, 1.165) is 36.0 Å². The molecule has 0 unspecified atom stereocenters. The fraction of sp³-hybridized carbons (Fsp3) is 0.556. The van der Waals surface area contributed by atoms with Crippen LogP contribution in [0.25, 0.3) is 5.65 Å². The van der Waals surface area contributed by atoms with Gasteiger partial charge < -0.3 is 19.3 Å². The Hall–Kier alpha value is -3.40. The maximum Gasteiger partial charge on any atom is 0.242 e. The second kappa shape index (κ2) is 9.81. The third-order valence-electron chi connectivity index (χ3n) is 6.98. The van der Waals surface area contributed by atoms with Crippen molar-refractivity contribution in [2.75, 3.05) is 26.9 Å². The molecule has 0 bridgehead atoms. The summed E-state index contributed by atoms with van der Waals surface area (Å²) in [5.41, 5.74) is 3.69. The molecule has 1 aromatic carbocycles. The van der Waals surface area contributed by atoms with Gasteiger partial charge in [0.15, 0.2) is 22.9 Å². The van der Waals surface area contributed by atoms with Crippen LogP contribution in [0.15, 0.2) is 12.1 Å². The number of fused-ring (bicyclic) bond motifs is 3. The Morgan fingerprint density at radius 3 is 2.59 bits per heavy atom. The highest BCUT2D eigenvalue weighted by atomic mass is 16.5. The zero-order valence-electron chi connectivity index (χ0n) is 22.0. The quantitative estimate of drug-likeness (QED) is 0.403. The summed E-state index contributed by atoms with van der Waals surface area (Å²) >= 11 is 0. The fourth-order valence-corrected chi connectivity index (χ4v) is 4.80. The molecule has 10 nitrogen and oxygen atoms in total. The van der Waals surface area contributed by atoms with Crippen molar-refractivity contribution in [3.05, 3.63) is 40.0 Å². The SMILES string of the molecule is COc1c(OCCO)cc(C(=O)Cn2nc3c4c(c(OCC5CC5)nn3c2=N)CCC4)cc1C(C)(C)C. The number of benzene rings is 1. The Morgan fingerprint density at radius 2 is 1.92 bits per heavy atom. The Kier molecular flexibility index (Phi) is 6.70. The number of carbonyl (C=O) groups is 1. The van der Waals surface area contributed by atoms with E-state index < -0.39 is 0 Å². The molecule has 2 aliphatic carbocycles. The average molecular weight is 510 g/mol. The van der Waals surface area contributed by atoms with Crippen LogP contribution in [0.3, 0.4) is 0 Å². The molecule has 3 aromatic rings. The highest BCUT2D eigenvalue weighted by molar-refractivity contribution is 5.97. The molecule has 0 amide bonds. The average Bonchev–Trinajstić information content (AvgIpc) is 3.47. The maximum absolute atomic E-state index is 13.5. The lowest BCUT2D eigenvalue weighted by molar-refractivity contribution is 0.0964. The van der Waals surface area contributed by atoms with Crippen molar-refractivity contribution in [2.24, 2.45) is 5.92 Å². The van der Waals surface area contributed by atoms with Crippen LogP contribution in [0.1, 0.15) is 67.1 Å². The second-order valence-electron chi connectivity index (χ2n) is 10.9. The summed E-state index contributed by atoms with van der Waals surface area (Å²) in [6.07, 6.45) is 5.11. The number of nitrogens with zero attached hydrogens (tertiary/aromatic N) is 4. The maximum atomic E-state index is 13.5. The van der Waals surface area contributed by atoms with Gasteiger partial charge in [0.2, 0.25) is 11.5 Å². The third kappa shape index (κ3) is 4.94. The molecule has 1 saturated carbocycles. The first-order valence-electron chi connectivity index (χ1n) is 12.9. The Morgan fingerprint density at radius 1 is 1.16 bits per heavy atom. The lowest BCUT2D eigenvalue weighted by atomic mass is 9.84. The van der Waals surface area contributed by atoms with E-state index >= 15 is 0 Å². The Bertz CT molecular complexity index is 1400. The number of aliphatic hydroxyl groups excluding tert-OH is 1. The van der Waals surface area contributed by atoms with E-state index in [2.05, 4.69) is 10.2 Å². The number of rotatable bonds is 10. The third-order valence-corrected chi connectivity index (χ3v) is 6.98. The zero-order chi connectivity index (χ0) is 26.3. The van der Waals surface area contributed by atoms with E-state index in [1.807, 2.05) is 26.8 Å². The van der Waals surface area contributed by atoms with Crippen molar-refractivity contribution in [2.45, 2.75) is 64.8 Å². The van der Waals surface area contributed by atoms with Gasteiger partial charge in [0, 0.05) is 22.3 Å². The summed E-state index contributed by atoms with van der Waals surface area (Å²) in [6.45, 7) is 6.55. The number of methoxy groups -OCH3 is 1. The molecule has 0 atom stereocenters. The smallest absolute Gasteiger partial charge is 0.242 e. The van der Waals surface area contributed by atoms with Crippen molar-refractivity contribution in [1.82, 2.24) is 19.4 Å². The van der Waals surface area contributed by atoms with Gasteiger partial charge in [-0.2, -0.15) is 4.52 Å². The molecular formula is C27H35N5O5. The number of ether oxygens (including phenoxy) is 3. The number of hydrogen-bond donors (Lipinski definition) is 2. The summed E-state index contributed by atoms with van der Waals surface area (Å²) < 4.78 is 20.3. The molecule has 37 heavy (non-hydrogen) atoms. The minimum absolute atomic E-state index is 0.0237. The summed E-state index contributed by atoms with van der Waals surface area (Å²) in [7, 11) is 1.56. The van der Waals surface area contributed by atoms with Crippen LogP contribution < -0.4 is 19.8 Å². The van der Waals surface area contributed by atoms with E-state index in [0.29, 0.717) is 41.1 Å². The van der Waals surface area contributed by atoms with Gasteiger partial charge in [-0.15, -0.1) is 10.2 Å². The molecule has 10 heteroatoms. The number of aryl methyl sites for hydroxylation is 1. The zero-order valence-corrected chi connectivity index (χ0v) is 22.0. The van der Waals surface area contributed by atoms with Gasteiger partial charge in [-0.25, -0.2) is 4.68 Å². The van der Waals surface area contributed by atoms with Crippen LogP contribution in [0.4, 0.5) is 0 Å². The van der Waals surface area contributed by atoms with E-state index in [1.165, 1.54) is 22.0 Å². The predicted molar refractivity (Wildman–Crippen MR) is 136 cm³/mol. The normalized spacial score (nSPS) is 15.2. The number of hydrogen-bond acceptors (Lipinski definition) is 8. The molecule has 2 aromatic heterocycles. The first-order chi connectivity index (χ1) is 17.7. The van der Waals surface area contributed by atoms with Crippen LogP contribution in [0, 0.1) is 11.3 Å². The van der Waals surface area contributed by atoms with Gasteiger partial charge in [0.25, 0.3) is 0 Å². The Labute approximate surface area is 215 Å². The largest absolute Gasteiger partial charge is 0.493 e. The molecule has 198 valence electrons. The number of carbonyl (C=O) groups excluding carboxylic acids is 1. The van der Waals surface area contributed by atoms with E-state index in [4.69, 9.17) is 19.6 Å². The topological polar surface area (TPSA) is 124 Å². The van der Waals surface area contributed by atoms with Crippen molar-refractivity contribution < 1.29 is 24.1 Å². The van der Waals surface area contributed by atoms with E-state index in [-0.39, 0.29) is 36.6 Å². The number of nitrogens with one attached hydrogen (secondary N) is 1. The number of ketones is 1. The first-order valence-corrected chi connectivity index (χ1v) is 12.9. The van der Waals surface area contributed by atoms with Crippen LogP contribution in [0.2, 0.25) is 0 Å². The van der Waals surface area contributed by atoms with E-state index in [1.54, 1.807) is 13.2 Å². The standard InChI is InChI=1S/C27H35N5O5/c1-27(2,3)20-12-17(13-22(23(20)35-4)36-11-10-33)21(34)14-31-26(28)32-24(29-31)18-6-5-7-19(18)25(30-32)37-15-16-8-9-16/h12-13,16,28,33H,5-11,14-15H2,1-4H3. The molecule has 5 rings (SSSR count). The van der Waals surface area contributed by atoms with E-state index in [9.17, 15) is 9.90 Å². The minimum Gasteiger partial charge on any atom is -0.493 e. The number of Topliss-reactive ketones (excluding diaryl/α,β-unsaturated/α-hetero) is 1. The van der Waals surface area contributed by atoms with Gasteiger partial charge in [0.1, 0.15) is 13.2 Å². The first kappa shape index (κ1) is 25.3. The second-order valence-corrected chi connectivity index (χ2v) is 10.9. The minimum atomic E-state index is -0.322. The van der Waals surface area contributed by atoms with Gasteiger partial charge in [-0.3, -0.25) is 10.2 Å². The molecule has 0 saturated heterocycles. The van der Waals surface area contributed by atoms with Crippen molar-refractivity contribution in [3.8, 4) is 17.4 Å². The summed E-state index contributed by atoms with van der Waals surface area (Å²) in [4.78, 5) is 13.5. The highest BCUT2D eigenvalue weighted by Gasteiger charge is 2.28. The van der Waals surface area contributed by atoms with Crippen molar-refractivity contribution in [3.63, 3.8) is 0 Å². The molecule has 1 fully saturated rings. The monoisotopic (exact) mass is 509 g/mol. The molecule has 0 radical (unpaired) electrons. The fourth-order valence-electron chi connectivity index (χ4n) is 4.80. The van der Waals surface area contributed by atoms with Crippen LogP contribution in [0.5, 0.6) is 17.4 Å².